The minimum Gasteiger partial charge on any atom is -0.493 e. The van der Waals surface area contributed by atoms with E-state index in [4.69, 9.17) is 18.9 Å². The number of anilines is 2. The third-order valence-electron chi connectivity index (χ3n) is 4.14. The number of rotatable bonds is 6. The summed E-state index contributed by atoms with van der Waals surface area (Å²) in [7, 11) is 4.65. The van der Waals surface area contributed by atoms with Crippen LogP contribution in [0.2, 0.25) is 0 Å². The van der Waals surface area contributed by atoms with Crippen LogP contribution < -0.4 is 29.2 Å². The van der Waals surface area contributed by atoms with Crippen LogP contribution in [0.1, 0.15) is 0 Å². The third-order valence-corrected chi connectivity index (χ3v) is 4.14. The molecule has 0 atom stereocenters. The highest BCUT2D eigenvalue weighted by atomic mass is 35.5. The van der Waals surface area contributed by atoms with Crippen LogP contribution >= 0.6 is 12.4 Å². The molecule has 146 valence electrons. The predicted octanol–water partition coefficient (Wildman–Crippen LogP) is 2.97. The van der Waals surface area contributed by atoms with E-state index in [1.54, 1.807) is 38.4 Å². The van der Waals surface area contributed by atoms with Crippen molar-refractivity contribution in [1.29, 1.82) is 0 Å². The monoisotopic (exact) mass is 394 g/mol. The first-order valence-corrected chi connectivity index (χ1v) is 8.24. The van der Waals surface area contributed by atoms with Crippen LogP contribution in [0.4, 0.5) is 11.4 Å². The number of ether oxygens (including phenoxy) is 4. The molecule has 0 spiro atoms. The summed E-state index contributed by atoms with van der Waals surface area (Å²) in [6.07, 6.45) is 0. The summed E-state index contributed by atoms with van der Waals surface area (Å²) in [6.45, 7) is 1.13. The molecule has 1 aliphatic rings. The number of benzene rings is 2. The Kier molecular flexibility index (Phi) is 7.01. The second kappa shape index (κ2) is 9.23. The molecule has 0 unspecified atom stereocenters. The molecule has 27 heavy (non-hydrogen) atoms. The highest BCUT2D eigenvalue weighted by molar-refractivity contribution is 5.97. The largest absolute Gasteiger partial charge is 0.493 e. The molecule has 0 aliphatic carbocycles. The van der Waals surface area contributed by atoms with Gasteiger partial charge in [0.05, 0.1) is 40.1 Å². The van der Waals surface area contributed by atoms with E-state index in [1.807, 2.05) is 24.3 Å². The van der Waals surface area contributed by atoms with E-state index in [0.29, 0.717) is 36.1 Å². The summed E-state index contributed by atoms with van der Waals surface area (Å²) in [6, 6.07) is 11.1. The SMILES string of the molecule is COc1cc(NCC(=O)N2CCOc3ccccc32)cc(OC)c1OC.Cl. The molecule has 1 amide bonds. The maximum Gasteiger partial charge on any atom is 0.246 e. The van der Waals surface area contributed by atoms with Crippen LogP contribution in [0.5, 0.6) is 23.0 Å². The Balaban J connectivity index is 0.00000261. The van der Waals surface area contributed by atoms with Crippen molar-refractivity contribution in [3.8, 4) is 23.0 Å². The highest BCUT2D eigenvalue weighted by Crippen LogP contribution is 2.40. The van der Waals surface area contributed by atoms with Gasteiger partial charge in [-0.25, -0.2) is 0 Å². The van der Waals surface area contributed by atoms with Gasteiger partial charge in [0.15, 0.2) is 11.5 Å². The van der Waals surface area contributed by atoms with E-state index in [9.17, 15) is 4.79 Å². The van der Waals surface area contributed by atoms with Crippen LogP contribution in [-0.2, 0) is 4.79 Å². The lowest BCUT2D eigenvalue weighted by atomic mass is 10.2. The molecule has 7 nitrogen and oxygen atoms in total. The molecular weight excluding hydrogens is 372 g/mol. The number of hydrogen-bond donors (Lipinski definition) is 1. The van der Waals surface area contributed by atoms with Crippen molar-refractivity contribution in [2.24, 2.45) is 0 Å². The van der Waals surface area contributed by atoms with Gasteiger partial charge < -0.3 is 29.2 Å². The molecule has 3 rings (SSSR count). The Morgan fingerprint density at radius 1 is 1.11 bits per heavy atom. The van der Waals surface area contributed by atoms with Crippen molar-refractivity contribution < 1.29 is 23.7 Å². The van der Waals surface area contributed by atoms with Crippen LogP contribution in [0.15, 0.2) is 36.4 Å². The fourth-order valence-electron chi connectivity index (χ4n) is 2.88. The summed E-state index contributed by atoms with van der Waals surface area (Å²) in [5.74, 6) is 2.24. The lowest BCUT2D eigenvalue weighted by molar-refractivity contribution is -0.117. The molecule has 0 radical (unpaired) electrons. The van der Waals surface area contributed by atoms with Gasteiger partial charge in [-0.05, 0) is 12.1 Å². The zero-order chi connectivity index (χ0) is 18.5. The molecule has 0 fully saturated rings. The lowest BCUT2D eigenvalue weighted by Gasteiger charge is -2.29. The van der Waals surface area contributed by atoms with Crippen LogP contribution in [0, 0.1) is 0 Å². The Hall–Kier alpha value is -2.80. The second-order valence-corrected chi connectivity index (χ2v) is 5.63. The molecule has 0 saturated heterocycles. The first-order valence-electron chi connectivity index (χ1n) is 8.24. The Bertz CT molecular complexity index is 774. The number of para-hydroxylation sites is 2. The standard InChI is InChI=1S/C19H22N2O5.ClH/c1-23-16-10-13(11-17(24-2)19(16)25-3)20-12-18(22)21-8-9-26-15-7-5-4-6-14(15)21;/h4-7,10-11,20H,8-9,12H2,1-3H3;1H. The van der Waals surface area contributed by atoms with E-state index in [-0.39, 0.29) is 24.9 Å². The smallest absolute Gasteiger partial charge is 0.246 e. The number of nitrogens with zero attached hydrogens (tertiary/aromatic N) is 1. The number of carbonyl (C=O) groups is 1. The first-order chi connectivity index (χ1) is 12.7. The zero-order valence-electron chi connectivity index (χ0n) is 15.5. The third kappa shape index (κ3) is 4.31. The van der Waals surface area contributed by atoms with E-state index >= 15 is 0 Å². The van der Waals surface area contributed by atoms with Crippen molar-refractivity contribution in [3.05, 3.63) is 36.4 Å². The molecule has 0 bridgehead atoms. The van der Waals surface area contributed by atoms with Gasteiger partial charge in [-0.1, -0.05) is 12.1 Å². The fourth-order valence-corrected chi connectivity index (χ4v) is 2.88. The minimum atomic E-state index is -0.0468. The average Bonchev–Trinajstić information content (AvgIpc) is 2.70. The van der Waals surface area contributed by atoms with Gasteiger partial charge in [-0.2, -0.15) is 0 Å². The van der Waals surface area contributed by atoms with Gasteiger partial charge in [-0.15, -0.1) is 12.4 Å². The number of methoxy groups -OCH3 is 3. The first kappa shape index (κ1) is 20.5. The van der Waals surface area contributed by atoms with Crippen molar-refractivity contribution in [1.82, 2.24) is 0 Å². The van der Waals surface area contributed by atoms with E-state index in [0.717, 1.165) is 11.4 Å². The molecule has 8 heteroatoms. The van der Waals surface area contributed by atoms with Crippen molar-refractivity contribution in [2.75, 3.05) is 51.2 Å². The summed E-state index contributed by atoms with van der Waals surface area (Å²) in [5.41, 5.74) is 1.49. The van der Waals surface area contributed by atoms with Crippen LogP contribution in [0.3, 0.4) is 0 Å². The molecule has 2 aromatic rings. The average molecular weight is 395 g/mol. The number of fused-ring (bicyclic) bond motifs is 1. The number of amides is 1. The van der Waals surface area contributed by atoms with E-state index < -0.39 is 0 Å². The molecule has 0 saturated carbocycles. The van der Waals surface area contributed by atoms with Gasteiger partial charge in [0.2, 0.25) is 11.7 Å². The summed E-state index contributed by atoms with van der Waals surface area (Å²) >= 11 is 0. The van der Waals surface area contributed by atoms with E-state index in [1.165, 1.54) is 0 Å². The fraction of sp³-hybridized carbons (Fsp3) is 0.316. The number of nitrogens with one attached hydrogen (secondary N) is 1. The topological polar surface area (TPSA) is 69.3 Å². The Morgan fingerprint density at radius 3 is 2.41 bits per heavy atom. The summed E-state index contributed by atoms with van der Waals surface area (Å²) in [4.78, 5) is 14.4. The molecule has 1 N–H and O–H groups in total. The normalized spacial score (nSPS) is 12.2. The van der Waals surface area contributed by atoms with Gasteiger partial charge in [-0.3, -0.25) is 4.79 Å². The predicted molar refractivity (Wildman–Crippen MR) is 106 cm³/mol. The zero-order valence-corrected chi connectivity index (χ0v) is 16.3. The lowest BCUT2D eigenvalue weighted by Crippen LogP contribution is -2.41. The second-order valence-electron chi connectivity index (χ2n) is 5.63. The van der Waals surface area contributed by atoms with Crippen molar-refractivity contribution in [2.45, 2.75) is 0 Å². The summed E-state index contributed by atoms with van der Waals surface area (Å²) < 4.78 is 21.6. The number of halogens is 1. The molecule has 0 aromatic heterocycles. The Morgan fingerprint density at radius 2 is 1.78 bits per heavy atom. The quantitative estimate of drug-likeness (QED) is 0.812. The maximum absolute atomic E-state index is 12.7. The van der Waals surface area contributed by atoms with Crippen molar-refractivity contribution in [3.63, 3.8) is 0 Å². The highest BCUT2D eigenvalue weighted by Gasteiger charge is 2.23. The molecule has 2 aromatic carbocycles. The maximum atomic E-state index is 12.7. The molecule has 1 aliphatic heterocycles. The minimum absolute atomic E-state index is 0. The molecule has 1 heterocycles. The van der Waals surface area contributed by atoms with Gasteiger partial charge >= 0.3 is 0 Å². The van der Waals surface area contributed by atoms with Gasteiger partial charge in [0.1, 0.15) is 12.4 Å². The van der Waals surface area contributed by atoms with Crippen molar-refractivity contribution >= 4 is 29.7 Å². The van der Waals surface area contributed by atoms with Gasteiger partial charge in [0.25, 0.3) is 0 Å². The van der Waals surface area contributed by atoms with Crippen LogP contribution in [-0.4, -0.2) is 46.9 Å². The van der Waals surface area contributed by atoms with E-state index in [2.05, 4.69) is 5.32 Å². The van der Waals surface area contributed by atoms with Crippen LogP contribution in [0.25, 0.3) is 0 Å². The number of hydrogen-bond acceptors (Lipinski definition) is 6. The molecular formula is C19H23ClN2O5. The Labute approximate surface area is 164 Å². The summed E-state index contributed by atoms with van der Waals surface area (Å²) in [5, 5.41) is 3.13. The number of carbonyl (C=O) groups excluding carboxylic acids is 1. The van der Waals surface area contributed by atoms with Gasteiger partial charge in [0, 0.05) is 17.8 Å².